The Morgan fingerprint density at radius 2 is 2.26 bits per heavy atom. The molecule has 0 amide bonds. The van der Waals surface area contributed by atoms with E-state index < -0.39 is 11.2 Å². The van der Waals surface area contributed by atoms with E-state index in [9.17, 15) is 9.59 Å². The molecule has 0 saturated carbocycles. The molecule has 5 heteroatoms. The number of methoxy groups -OCH3 is 2. The molecule has 1 saturated heterocycles. The van der Waals surface area contributed by atoms with E-state index in [2.05, 4.69) is 0 Å². The van der Waals surface area contributed by atoms with E-state index >= 15 is 0 Å². The zero-order valence-corrected chi connectivity index (χ0v) is 10.9. The number of hydrogen-bond donors (Lipinski definition) is 0. The van der Waals surface area contributed by atoms with Crippen molar-refractivity contribution in [1.29, 1.82) is 0 Å². The predicted molar refractivity (Wildman–Crippen MR) is 65.0 cm³/mol. The second-order valence-electron chi connectivity index (χ2n) is 5.19. The first-order valence-electron chi connectivity index (χ1n) is 6.28. The van der Waals surface area contributed by atoms with Crippen molar-refractivity contribution >= 4 is 11.8 Å². The Morgan fingerprint density at radius 1 is 1.47 bits per heavy atom. The summed E-state index contributed by atoms with van der Waals surface area (Å²) in [5.41, 5.74) is -0.866. The van der Waals surface area contributed by atoms with Gasteiger partial charge in [0.2, 0.25) is 11.6 Å². The van der Waals surface area contributed by atoms with Crippen molar-refractivity contribution in [3.05, 3.63) is 24.3 Å². The highest BCUT2D eigenvalue weighted by Crippen LogP contribution is 2.56. The highest BCUT2D eigenvalue weighted by atomic mass is 16.7. The van der Waals surface area contributed by atoms with Gasteiger partial charge in [0.15, 0.2) is 0 Å². The van der Waals surface area contributed by atoms with Gasteiger partial charge in [-0.1, -0.05) is 18.2 Å². The average molecular weight is 264 g/mol. The molecule has 2 aliphatic carbocycles. The van der Waals surface area contributed by atoms with Gasteiger partial charge in [-0.3, -0.25) is 9.59 Å². The van der Waals surface area contributed by atoms with E-state index in [0.29, 0.717) is 13.0 Å². The van der Waals surface area contributed by atoms with E-state index in [-0.39, 0.29) is 23.6 Å². The molecular weight excluding hydrogens is 248 g/mol. The highest BCUT2D eigenvalue weighted by Gasteiger charge is 2.67. The lowest BCUT2D eigenvalue weighted by Crippen LogP contribution is -2.58. The number of allylic oxidation sites excluding steroid dienone is 1. The van der Waals surface area contributed by atoms with E-state index in [4.69, 9.17) is 14.2 Å². The maximum Gasteiger partial charge on any atom is 0.316 e. The fraction of sp³-hybridized carbons (Fsp3) is 0.571. The van der Waals surface area contributed by atoms with Gasteiger partial charge in [0.05, 0.1) is 19.1 Å². The Bertz CT molecular complexity index is 494. The average Bonchev–Trinajstić information content (AvgIpc) is 2.84. The molecule has 0 aromatic carbocycles. The fourth-order valence-electron chi connectivity index (χ4n) is 3.63. The molecule has 3 aliphatic rings. The summed E-state index contributed by atoms with van der Waals surface area (Å²) in [5.74, 6) is -2.31. The van der Waals surface area contributed by atoms with Gasteiger partial charge >= 0.3 is 5.97 Å². The van der Waals surface area contributed by atoms with Crippen LogP contribution < -0.4 is 0 Å². The minimum atomic E-state index is -1.35. The van der Waals surface area contributed by atoms with Crippen molar-refractivity contribution in [3.8, 4) is 0 Å². The summed E-state index contributed by atoms with van der Waals surface area (Å²) < 4.78 is 16.0. The first-order chi connectivity index (χ1) is 9.10. The summed E-state index contributed by atoms with van der Waals surface area (Å²) in [4.78, 5) is 24.5. The third kappa shape index (κ3) is 1.37. The molecule has 5 nitrogen and oxygen atoms in total. The SMILES string of the molecule is COC(=O)[C@]12C=CC(=O)[C@]3(OC)OC[C@H](C=CC1)[C@@H]32. The van der Waals surface area contributed by atoms with Crippen LogP contribution in [0.2, 0.25) is 0 Å². The Labute approximate surface area is 111 Å². The molecular formula is C14H16O5. The summed E-state index contributed by atoms with van der Waals surface area (Å²) in [6.45, 7) is 0.376. The van der Waals surface area contributed by atoms with Crippen molar-refractivity contribution in [2.75, 3.05) is 20.8 Å². The van der Waals surface area contributed by atoms with E-state index in [1.165, 1.54) is 20.3 Å². The molecule has 0 bridgehead atoms. The summed E-state index contributed by atoms with van der Waals surface area (Å²) in [6.07, 6.45) is 7.50. The molecule has 0 aromatic heterocycles. The molecule has 19 heavy (non-hydrogen) atoms. The van der Waals surface area contributed by atoms with Crippen LogP contribution >= 0.6 is 0 Å². The third-order valence-electron chi connectivity index (χ3n) is 4.47. The highest BCUT2D eigenvalue weighted by molar-refractivity contribution is 6.00. The summed E-state index contributed by atoms with van der Waals surface area (Å²) in [7, 11) is 2.80. The third-order valence-corrected chi connectivity index (χ3v) is 4.47. The summed E-state index contributed by atoms with van der Waals surface area (Å²) in [5, 5.41) is 0. The van der Waals surface area contributed by atoms with Crippen LogP contribution in [0, 0.1) is 17.3 Å². The van der Waals surface area contributed by atoms with Crippen LogP contribution in [0.5, 0.6) is 0 Å². The van der Waals surface area contributed by atoms with Gasteiger partial charge in [0.25, 0.3) is 0 Å². The lowest BCUT2D eigenvalue weighted by atomic mass is 9.59. The lowest BCUT2D eigenvalue weighted by Gasteiger charge is -2.46. The van der Waals surface area contributed by atoms with Crippen LogP contribution in [0.3, 0.4) is 0 Å². The van der Waals surface area contributed by atoms with Gasteiger partial charge in [-0.25, -0.2) is 0 Å². The zero-order valence-electron chi connectivity index (χ0n) is 10.9. The van der Waals surface area contributed by atoms with Crippen LogP contribution in [0.15, 0.2) is 24.3 Å². The van der Waals surface area contributed by atoms with E-state index in [1.54, 1.807) is 6.08 Å². The maximum absolute atomic E-state index is 12.3. The molecule has 4 atom stereocenters. The number of rotatable bonds is 2. The van der Waals surface area contributed by atoms with Crippen LogP contribution in [0.1, 0.15) is 6.42 Å². The van der Waals surface area contributed by atoms with Crippen molar-refractivity contribution < 1.29 is 23.8 Å². The van der Waals surface area contributed by atoms with Crippen molar-refractivity contribution in [1.82, 2.24) is 0 Å². The van der Waals surface area contributed by atoms with Crippen molar-refractivity contribution in [2.45, 2.75) is 12.2 Å². The molecule has 0 aromatic rings. The molecule has 102 valence electrons. The quantitative estimate of drug-likeness (QED) is 0.546. The molecule has 1 fully saturated rings. The molecule has 0 spiro atoms. The second kappa shape index (κ2) is 4.02. The van der Waals surface area contributed by atoms with Gasteiger partial charge in [-0.2, -0.15) is 0 Å². The molecule has 0 radical (unpaired) electrons. The zero-order chi connectivity index (χ0) is 13.7. The smallest absolute Gasteiger partial charge is 0.316 e. The Kier molecular flexibility index (Phi) is 2.66. The maximum atomic E-state index is 12.3. The monoisotopic (exact) mass is 264 g/mol. The van der Waals surface area contributed by atoms with Gasteiger partial charge in [-0.05, 0) is 12.5 Å². The van der Waals surface area contributed by atoms with E-state index in [1.807, 2.05) is 12.2 Å². The van der Waals surface area contributed by atoms with Gasteiger partial charge in [0, 0.05) is 18.9 Å². The minimum absolute atomic E-state index is 0.0123. The van der Waals surface area contributed by atoms with E-state index in [0.717, 1.165) is 0 Å². The standard InChI is InChI=1S/C14H16O5/c1-17-12(16)13-6-3-4-9-8-19-14(18-2,11(9)13)10(15)5-7-13/h3-5,7,9,11H,6,8H2,1-2H3/t9-,11+,13-,14-/m0/s1. The molecule has 0 N–H and O–H groups in total. The van der Waals surface area contributed by atoms with Gasteiger partial charge in [0.1, 0.15) is 0 Å². The van der Waals surface area contributed by atoms with Crippen LogP contribution in [0.4, 0.5) is 0 Å². The number of esters is 1. The Balaban J connectivity index is 2.19. The number of carbonyl (C=O) groups excluding carboxylic acids is 2. The first kappa shape index (κ1) is 12.6. The Hall–Kier alpha value is -1.46. The largest absolute Gasteiger partial charge is 0.468 e. The lowest BCUT2D eigenvalue weighted by molar-refractivity contribution is -0.225. The summed E-state index contributed by atoms with van der Waals surface area (Å²) in [6, 6.07) is 0. The summed E-state index contributed by atoms with van der Waals surface area (Å²) >= 11 is 0. The van der Waals surface area contributed by atoms with Crippen molar-refractivity contribution in [3.63, 3.8) is 0 Å². The second-order valence-corrected chi connectivity index (χ2v) is 5.19. The Morgan fingerprint density at radius 3 is 2.95 bits per heavy atom. The predicted octanol–water partition coefficient (Wildman–Crippen LogP) is 0.850. The normalized spacial score (nSPS) is 43.2. The topological polar surface area (TPSA) is 61.8 Å². The number of hydrogen-bond acceptors (Lipinski definition) is 5. The minimum Gasteiger partial charge on any atom is -0.468 e. The van der Waals surface area contributed by atoms with Crippen LogP contribution in [-0.4, -0.2) is 38.4 Å². The fourth-order valence-corrected chi connectivity index (χ4v) is 3.63. The molecule has 0 unspecified atom stereocenters. The van der Waals surface area contributed by atoms with Crippen LogP contribution in [0.25, 0.3) is 0 Å². The number of ketones is 1. The molecule has 1 aliphatic heterocycles. The van der Waals surface area contributed by atoms with Crippen LogP contribution in [-0.2, 0) is 23.8 Å². The number of carbonyl (C=O) groups is 2. The molecule has 1 heterocycles. The van der Waals surface area contributed by atoms with Gasteiger partial charge in [-0.15, -0.1) is 0 Å². The van der Waals surface area contributed by atoms with Crippen molar-refractivity contribution in [2.24, 2.45) is 17.3 Å². The number of ether oxygens (including phenoxy) is 3. The van der Waals surface area contributed by atoms with Gasteiger partial charge < -0.3 is 14.2 Å². The molecule has 3 rings (SSSR count). The first-order valence-corrected chi connectivity index (χ1v) is 6.28.